The Balaban J connectivity index is 1.77. The van der Waals surface area contributed by atoms with Gasteiger partial charge in [0.25, 0.3) is 5.56 Å². The van der Waals surface area contributed by atoms with Crippen molar-refractivity contribution >= 4 is 28.8 Å². The van der Waals surface area contributed by atoms with Crippen LogP contribution in [0.5, 0.6) is 0 Å². The minimum atomic E-state index is -0.522. The second-order valence-electron chi connectivity index (χ2n) is 7.05. The average molecular weight is 370 g/mol. The van der Waals surface area contributed by atoms with Crippen molar-refractivity contribution in [3.8, 4) is 0 Å². The fourth-order valence-corrected chi connectivity index (χ4v) is 2.55. The van der Waals surface area contributed by atoms with E-state index in [1.54, 1.807) is 16.8 Å². The molecule has 27 heavy (non-hydrogen) atoms. The molecule has 0 fully saturated rings. The summed E-state index contributed by atoms with van der Waals surface area (Å²) in [7, 11) is 1.31. The number of methoxy groups -OCH3 is 1. The van der Waals surface area contributed by atoms with Crippen LogP contribution in [0.15, 0.2) is 35.3 Å². The molecule has 0 aliphatic heterocycles. The lowest BCUT2D eigenvalue weighted by atomic mass is 10.1. The summed E-state index contributed by atoms with van der Waals surface area (Å²) >= 11 is 0. The Hall–Kier alpha value is -3.36. The lowest BCUT2D eigenvalue weighted by molar-refractivity contribution is 0.187. The van der Waals surface area contributed by atoms with Crippen LogP contribution in [0, 0.1) is 0 Å². The summed E-state index contributed by atoms with van der Waals surface area (Å²) in [6.07, 6.45) is 1.01. The molecule has 0 aliphatic rings. The fraction of sp³-hybridized carbons (Fsp3) is 0.333. The van der Waals surface area contributed by atoms with Crippen molar-refractivity contribution in [3.05, 3.63) is 46.4 Å². The van der Waals surface area contributed by atoms with Gasteiger partial charge in [0.05, 0.1) is 18.8 Å². The third-order valence-electron chi connectivity index (χ3n) is 3.92. The maximum atomic E-state index is 12.3. The number of hydrogen-bond donors (Lipinski definition) is 3. The van der Waals surface area contributed by atoms with Crippen LogP contribution in [0.25, 0.3) is 11.0 Å². The zero-order valence-electron chi connectivity index (χ0n) is 15.7. The van der Waals surface area contributed by atoms with Crippen LogP contribution in [0.4, 0.5) is 16.4 Å². The summed E-state index contributed by atoms with van der Waals surface area (Å²) < 4.78 is 6.28. The van der Waals surface area contributed by atoms with Gasteiger partial charge < -0.3 is 10.1 Å². The third-order valence-corrected chi connectivity index (χ3v) is 3.92. The highest BCUT2D eigenvalue weighted by molar-refractivity contribution is 5.84. The maximum absolute atomic E-state index is 12.3. The van der Waals surface area contributed by atoms with Crippen molar-refractivity contribution in [2.24, 2.45) is 0 Å². The van der Waals surface area contributed by atoms with E-state index in [0.29, 0.717) is 29.2 Å². The zero-order valence-corrected chi connectivity index (χ0v) is 15.7. The number of carbonyl (C=O) groups is 1. The molecule has 0 unspecified atom stereocenters. The number of ether oxygens (including phenoxy) is 1. The number of rotatable bonds is 4. The van der Waals surface area contributed by atoms with E-state index in [1.165, 1.54) is 13.3 Å². The summed E-state index contributed by atoms with van der Waals surface area (Å²) in [5, 5.41) is 10.4. The number of benzene rings is 1. The van der Waals surface area contributed by atoms with E-state index in [1.807, 2.05) is 32.9 Å². The minimum absolute atomic E-state index is 0.240. The van der Waals surface area contributed by atoms with Crippen molar-refractivity contribution in [2.45, 2.75) is 32.9 Å². The molecule has 0 atom stereocenters. The summed E-state index contributed by atoms with van der Waals surface area (Å²) in [6.45, 7) is 6.45. The summed E-state index contributed by atoms with van der Waals surface area (Å²) in [5.74, 6) is 0.371. The van der Waals surface area contributed by atoms with E-state index in [2.05, 4.69) is 30.4 Å². The van der Waals surface area contributed by atoms with Crippen molar-refractivity contribution < 1.29 is 9.53 Å². The second kappa shape index (κ2) is 7.10. The molecule has 1 amide bonds. The topological polar surface area (TPSA) is 114 Å². The van der Waals surface area contributed by atoms with Gasteiger partial charge in [-0.25, -0.2) is 9.48 Å². The molecule has 0 saturated carbocycles. The second-order valence-corrected chi connectivity index (χ2v) is 7.05. The van der Waals surface area contributed by atoms with Gasteiger partial charge in [0.2, 0.25) is 5.95 Å². The number of aromatic amines is 1. The maximum Gasteiger partial charge on any atom is 0.411 e. The molecule has 2 aromatic heterocycles. The largest absolute Gasteiger partial charge is 0.453 e. The average Bonchev–Trinajstić information content (AvgIpc) is 3.06. The normalized spacial score (nSPS) is 11.4. The number of nitrogens with one attached hydrogen (secondary N) is 3. The Morgan fingerprint density at radius 2 is 1.96 bits per heavy atom. The zero-order chi connectivity index (χ0) is 19.6. The predicted molar refractivity (Wildman–Crippen MR) is 103 cm³/mol. The lowest BCUT2D eigenvalue weighted by Gasteiger charge is -2.19. The number of hydrogen-bond acceptors (Lipinski definition) is 6. The molecule has 3 N–H and O–H groups in total. The van der Waals surface area contributed by atoms with E-state index in [-0.39, 0.29) is 11.1 Å². The quantitative estimate of drug-likeness (QED) is 0.651. The van der Waals surface area contributed by atoms with Crippen LogP contribution in [0.1, 0.15) is 26.3 Å². The van der Waals surface area contributed by atoms with Gasteiger partial charge in [0.15, 0.2) is 5.65 Å². The number of aromatic nitrogens is 4. The summed E-state index contributed by atoms with van der Waals surface area (Å²) in [4.78, 5) is 30.7. The molecule has 0 saturated heterocycles. The first kappa shape index (κ1) is 18.4. The number of nitrogens with zero attached hydrogens (tertiary/aromatic N) is 3. The number of H-pyrrole nitrogens is 1. The number of carbonyl (C=O) groups excluding carboxylic acids is 1. The Labute approximate surface area is 155 Å². The SMILES string of the molecule is COC(=O)Nc1ccc(CNc2nc3c(cnn3C(C)(C)C)c(=O)[nH]2)cc1. The standard InChI is InChI=1S/C18H22N6O3/c1-18(2,3)24-14-13(10-20-24)15(25)23-16(22-14)19-9-11-5-7-12(8-6-11)21-17(26)27-4/h5-8,10H,9H2,1-4H3,(H,21,26)(H2,19,22,23,25). The Morgan fingerprint density at radius 1 is 1.26 bits per heavy atom. The first-order valence-electron chi connectivity index (χ1n) is 8.44. The van der Waals surface area contributed by atoms with Crippen LogP contribution in [-0.2, 0) is 16.8 Å². The molecule has 9 heteroatoms. The van der Waals surface area contributed by atoms with E-state index < -0.39 is 6.09 Å². The van der Waals surface area contributed by atoms with Gasteiger partial charge in [0, 0.05) is 12.2 Å². The highest BCUT2D eigenvalue weighted by Gasteiger charge is 2.19. The molecule has 142 valence electrons. The molecule has 3 rings (SSSR count). The van der Waals surface area contributed by atoms with Gasteiger partial charge >= 0.3 is 6.09 Å². The lowest BCUT2D eigenvalue weighted by Crippen LogP contribution is -2.24. The Bertz CT molecular complexity index is 1010. The molecular formula is C18H22N6O3. The highest BCUT2D eigenvalue weighted by Crippen LogP contribution is 2.19. The van der Waals surface area contributed by atoms with Gasteiger partial charge in [-0.1, -0.05) is 12.1 Å². The van der Waals surface area contributed by atoms with Gasteiger partial charge in [0.1, 0.15) is 5.39 Å². The number of anilines is 2. The van der Waals surface area contributed by atoms with Crippen molar-refractivity contribution in [1.82, 2.24) is 19.7 Å². The van der Waals surface area contributed by atoms with Gasteiger partial charge in [-0.2, -0.15) is 10.1 Å². The molecule has 0 spiro atoms. The number of fused-ring (bicyclic) bond motifs is 1. The molecule has 2 heterocycles. The third kappa shape index (κ3) is 4.08. The molecular weight excluding hydrogens is 348 g/mol. The Morgan fingerprint density at radius 3 is 2.59 bits per heavy atom. The van der Waals surface area contributed by atoms with Crippen LogP contribution in [-0.4, -0.2) is 33.0 Å². The molecule has 1 aromatic carbocycles. The van der Waals surface area contributed by atoms with Gasteiger partial charge in [-0.3, -0.25) is 15.1 Å². The number of amides is 1. The highest BCUT2D eigenvalue weighted by atomic mass is 16.5. The van der Waals surface area contributed by atoms with Crippen LogP contribution < -0.4 is 16.2 Å². The van der Waals surface area contributed by atoms with Crippen LogP contribution >= 0.6 is 0 Å². The fourth-order valence-electron chi connectivity index (χ4n) is 2.55. The first-order chi connectivity index (χ1) is 12.8. The van der Waals surface area contributed by atoms with Gasteiger partial charge in [-0.15, -0.1) is 0 Å². The minimum Gasteiger partial charge on any atom is -0.453 e. The molecule has 0 radical (unpaired) electrons. The van der Waals surface area contributed by atoms with Crippen molar-refractivity contribution in [2.75, 3.05) is 17.7 Å². The summed E-state index contributed by atoms with van der Waals surface area (Å²) in [6, 6.07) is 7.24. The molecule has 0 bridgehead atoms. The van der Waals surface area contributed by atoms with Crippen LogP contribution in [0.3, 0.4) is 0 Å². The van der Waals surface area contributed by atoms with E-state index in [0.717, 1.165) is 5.56 Å². The van der Waals surface area contributed by atoms with Gasteiger partial charge in [-0.05, 0) is 38.5 Å². The van der Waals surface area contributed by atoms with E-state index in [4.69, 9.17) is 0 Å². The molecule has 9 nitrogen and oxygen atoms in total. The monoisotopic (exact) mass is 370 g/mol. The summed E-state index contributed by atoms with van der Waals surface area (Å²) in [5.41, 5.74) is 1.59. The van der Waals surface area contributed by atoms with E-state index in [9.17, 15) is 9.59 Å². The van der Waals surface area contributed by atoms with Crippen LogP contribution in [0.2, 0.25) is 0 Å². The first-order valence-corrected chi connectivity index (χ1v) is 8.44. The van der Waals surface area contributed by atoms with Crippen molar-refractivity contribution in [1.29, 1.82) is 0 Å². The predicted octanol–water partition coefficient (Wildman–Crippen LogP) is 2.67. The Kier molecular flexibility index (Phi) is 4.85. The molecule has 3 aromatic rings. The van der Waals surface area contributed by atoms with Crippen molar-refractivity contribution in [3.63, 3.8) is 0 Å². The smallest absolute Gasteiger partial charge is 0.411 e. The molecule has 0 aliphatic carbocycles. The van der Waals surface area contributed by atoms with E-state index >= 15 is 0 Å².